The molecular weight excluding hydrogens is 344 g/mol. The van der Waals surface area contributed by atoms with E-state index in [9.17, 15) is 18.0 Å². The summed E-state index contributed by atoms with van der Waals surface area (Å²) in [6, 6.07) is 4.38. The van der Waals surface area contributed by atoms with Crippen molar-refractivity contribution in [2.75, 3.05) is 19.3 Å². The first-order valence-corrected chi connectivity index (χ1v) is 9.23. The van der Waals surface area contributed by atoms with Crippen LogP contribution in [0.3, 0.4) is 0 Å². The van der Waals surface area contributed by atoms with Crippen molar-refractivity contribution in [3.05, 3.63) is 30.1 Å². The molecule has 0 aromatic carbocycles. The fourth-order valence-electron chi connectivity index (χ4n) is 1.98. The fourth-order valence-corrected chi connectivity index (χ4v) is 2.99. The zero-order valence-corrected chi connectivity index (χ0v) is 14.8. The molecule has 8 nitrogen and oxygen atoms in total. The summed E-state index contributed by atoms with van der Waals surface area (Å²) in [7, 11) is -2.44. The van der Waals surface area contributed by atoms with E-state index in [1.54, 1.807) is 18.3 Å². The van der Waals surface area contributed by atoms with Gasteiger partial charge in [0.2, 0.25) is 21.8 Å². The number of carbonyl (C=O) groups excluding carboxylic acids is 2. The second-order valence-corrected chi connectivity index (χ2v) is 7.49. The Labute approximate surface area is 147 Å². The second kappa shape index (κ2) is 9.76. The van der Waals surface area contributed by atoms with Gasteiger partial charge in [-0.25, -0.2) is 12.7 Å². The minimum atomic E-state index is -3.82. The van der Waals surface area contributed by atoms with Crippen molar-refractivity contribution >= 4 is 21.8 Å². The third-order valence-electron chi connectivity index (χ3n) is 3.45. The molecule has 9 heteroatoms. The van der Waals surface area contributed by atoms with E-state index in [-0.39, 0.29) is 19.4 Å². The molecule has 0 aliphatic heterocycles. The summed E-state index contributed by atoms with van der Waals surface area (Å²) < 4.78 is 25.5. The Morgan fingerprint density at radius 2 is 2.16 bits per heavy atom. The Kier molecular flexibility index (Phi) is 8.04. The standard InChI is InChI=1S/C16H22N4O4S/c1-3-4-8-14(16(17)22)19-15(21)12-25(23,24)20(2)11-9-13-7-5-6-10-18-13/h1,5-7,10,14H,4,8-9,11-12H2,2H3,(H2,17,22)(H,19,21)/t14-/m0/s1. The van der Waals surface area contributed by atoms with E-state index in [1.807, 2.05) is 6.07 Å². The number of nitrogens with two attached hydrogens (primary N) is 1. The van der Waals surface area contributed by atoms with Crippen LogP contribution >= 0.6 is 0 Å². The molecule has 1 rings (SSSR count). The van der Waals surface area contributed by atoms with E-state index in [0.717, 1.165) is 10.00 Å². The van der Waals surface area contributed by atoms with Crippen molar-refractivity contribution in [3.63, 3.8) is 0 Å². The monoisotopic (exact) mass is 366 g/mol. The fraction of sp³-hybridized carbons (Fsp3) is 0.438. The number of aromatic nitrogens is 1. The van der Waals surface area contributed by atoms with Gasteiger partial charge < -0.3 is 11.1 Å². The lowest BCUT2D eigenvalue weighted by Gasteiger charge is -2.18. The number of primary amides is 1. The molecule has 0 radical (unpaired) electrons. The number of terminal acetylenes is 1. The van der Waals surface area contributed by atoms with Gasteiger partial charge in [-0.05, 0) is 18.6 Å². The first-order chi connectivity index (χ1) is 11.8. The van der Waals surface area contributed by atoms with Gasteiger partial charge in [-0.1, -0.05) is 6.07 Å². The van der Waals surface area contributed by atoms with Gasteiger partial charge in [0, 0.05) is 38.3 Å². The van der Waals surface area contributed by atoms with Crippen molar-refractivity contribution in [2.45, 2.75) is 25.3 Å². The van der Waals surface area contributed by atoms with Gasteiger partial charge in [0.1, 0.15) is 11.8 Å². The Bertz CT molecular complexity index is 728. The van der Waals surface area contributed by atoms with E-state index in [0.29, 0.717) is 6.42 Å². The number of nitrogens with one attached hydrogen (secondary N) is 1. The van der Waals surface area contributed by atoms with Crippen LogP contribution in [-0.4, -0.2) is 54.9 Å². The third kappa shape index (κ3) is 7.32. The lowest BCUT2D eigenvalue weighted by Crippen LogP contribution is -2.47. The molecule has 1 heterocycles. The van der Waals surface area contributed by atoms with Gasteiger partial charge in [0.25, 0.3) is 0 Å². The number of likely N-dealkylation sites (N-methyl/N-ethyl adjacent to an activating group) is 1. The first-order valence-electron chi connectivity index (χ1n) is 7.62. The van der Waals surface area contributed by atoms with Crippen LogP contribution in [0, 0.1) is 12.3 Å². The van der Waals surface area contributed by atoms with E-state index < -0.39 is 33.6 Å². The summed E-state index contributed by atoms with van der Waals surface area (Å²) in [5.74, 6) is 0.00115. The summed E-state index contributed by atoms with van der Waals surface area (Å²) in [6.07, 6.45) is 7.55. The molecule has 1 aromatic heterocycles. The van der Waals surface area contributed by atoms with E-state index in [1.165, 1.54) is 7.05 Å². The van der Waals surface area contributed by atoms with Gasteiger partial charge in [0.05, 0.1) is 0 Å². The lowest BCUT2D eigenvalue weighted by molar-refractivity contribution is -0.126. The third-order valence-corrected chi connectivity index (χ3v) is 5.21. The molecular formula is C16H22N4O4S. The van der Waals surface area contributed by atoms with Crippen molar-refractivity contribution in [3.8, 4) is 12.3 Å². The molecule has 0 saturated heterocycles. The number of sulfonamides is 1. The van der Waals surface area contributed by atoms with Crippen LogP contribution in [-0.2, 0) is 26.0 Å². The zero-order valence-electron chi connectivity index (χ0n) is 14.0. The summed E-state index contributed by atoms with van der Waals surface area (Å²) in [5.41, 5.74) is 5.92. The number of hydrogen-bond donors (Lipinski definition) is 2. The van der Waals surface area contributed by atoms with Gasteiger partial charge >= 0.3 is 0 Å². The Hall–Kier alpha value is -2.44. The molecule has 0 spiro atoms. The van der Waals surface area contributed by atoms with Crippen LogP contribution in [0.2, 0.25) is 0 Å². The topological polar surface area (TPSA) is 122 Å². The minimum Gasteiger partial charge on any atom is -0.368 e. The lowest BCUT2D eigenvalue weighted by atomic mass is 10.1. The molecule has 0 aliphatic rings. The summed E-state index contributed by atoms with van der Waals surface area (Å²) in [4.78, 5) is 27.3. The van der Waals surface area contributed by atoms with Crippen LogP contribution in [0.1, 0.15) is 18.5 Å². The Morgan fingerprint density at radius 3 is 2.72 bits per heavy atom. The normalized spacial score (nSPS) is 12.4. The number of rotatable bonds is 10. The molecule has 136 valence electrons. The molecule has 2 amide bonds. The predicted molar refractivity (Wildman–Crippen MR) is 93.5 cm³/mol. The molecule has 1 atom stereocenters. The molecule has 25 heavy (non-hydrogen) atoms. The molecule has 0 fully saturated rings. The second-order valence-electron chi connectivity index (χ2n) is 5.41. The first kappa shape index (κ1) is 20.6. The molecule has 1 aromatic rings. The number of pyridine rings is 1. The van der Waals surface area contributed by atoms with Gasteiger partial charge in [-0.3, -0.25) is 14.6 Å². The SMILES string of the molecule is C#CCC[C@H](NC(=O)CS(=O)(=O)N(C)CCc1ccccn1)C(N)=O. The average molecular weight is 366 g/mol. The highest BCUT2D eigenvalue weighted by Gasteiger charge is 2.25. The molecule has 3 N–H and O–H groups in total. The van der Waals surface area contributed by atoms with E-state index >= 15 is 0 Å². The highest BCUT2D eigenvalue weighted by molar-refractivity contribution is 7.89. The Balaban J connectivity index is 2.58. The number of hydrogen-bond acceptors (Lipinski definition) is 5. The van der Waals surface area contributed by atoms with Crippen LogP contribution < -0.4 is 11.1 Å². The summed E-state index contributed by atoms with van der Waals surface area (Å²) in [5, 5.41) is 2.31. The van der Waals surface area contributed by atoms with Crippen molar-refractivity contribution in [1.29, 1.82) is 0 Å². The van der Waals surface area contributed by atoms with Crippen LogP contribution in [0.5, 0.6) is 0 Å². The molecule has 0 bridgehead atoms. The Morgan fingerprint density at radius 1 is 1.44 bits per heavy atom. The number of carbonyl (C=O) groups is 2. The highest BCUT2D eigenvalue weighted by atomic mass is 32.2. The van der Waals surface area contributed by atoms with E-state index in [2.05, 4.69) is 16.2 Å². The maximum absolute atomic E-state index is 12.2. The maximum Gasteiger partial charge on any atom is 0.240 e. The molecule has 0 unspecified atom stereocenters. The summed E-state index contributed by atoms with van der Waals surface area (Å²) in [6.45, 7) is 0.184. The smallest absolute Gasteiger partial charge is 0.240 e. The average Bonchev–Trinajstić information content (AvgIpc) is 2.56. The summed E-state index contributed by atoms with van der Waals surface area (Å²) >= 11 is 0. The number of amides is 2. The highest BCUT2D eigenvalue weighted by Crippen LogP contribution is 2.03. The molecule has 0 aliphatic carbocycles. The minimum absolute atomic E-state index is 0.160. The van der Waals surface area contributed by atoms with Crippen molar-refractivity contribution in [1.82, 2.24) is 14.6 Å². The largest absolute Gasteiger partial charge is 0.368 e. The van der Waals surface area contributed by atoms with Crippen LogP contribution in [0.4, 0.5) is 0 Å². The van der Waals surface area contributed by atoms with Crippen molar-refractivity contribution < 1.29 is 18.0 Å². The van der Waals surface area contributed by atoms with Crippen LogP contribution in [0.15, 0.2) is 24.4 Å². The molecule has 0 saturated carbocycles. The van der Waals surface area contributed by atoms with Crippen LogP contribution in [0.25, 0.3) is 0 Å². The van der Waals surface area contributed by atoms with Crippen molar-refractivity contribution in [2.24, 2.45) is 5.73 Å². The zero-order chi connectivity index (χ0) is 18.9. The van der Waals surface area contributed by atoms with Gasteiger partial charge in [0.15, 0.2) is 0 Å². The van der Waals surface area contributed by atoms with Gasteiger partial charge in [-0.2, -0.15) is 0 Å². The maximum atomic E-state index is 12.2. The predicted octanol–water partition coefficient (Wildman–Crippen LogP) is -0.731. The van der Waals surface area contributed by atoms with E-state index in [4.69, 9.17) is 12.2 Å². The number of nitrogens with zero attached hydrogens (tertiary/aromatic N) is 2. The van der Waals surface area contributed by atoms with Gasteiger partial charge in [-0.15, -0.1) is 12.3 Å². The quantitative estimate of drug-likeness (QED) is 0.529.